The lowest BCUT2D eigenvalue weighted by Gasteiger charge is -2.13. The van der Waals surface area contributed by atoms with Crippen LogP contribution in [0.3, 0.4) is 0 Å². The summed E-state index contributed by atoms with van der Waals surface area (Å²) in [6.45, 7) is 4.12. The predicted octanol–water partition coefficient (Wildman–Crippen LogP) is 4.19. The lowest BCUT2D eigenvalue weighted by molar-refractivity contribution is 0.174. The van der Waals surface area contributed by atoms with Gasteiger partial charge in [0, 0.05) is 13.1 Å². The molecule has 0 saturated heterocycles. The Morgan fingerprint density at radius 3 is 2.60 bits per heavy atom. The number of halogens is 2. The molecule has 0 amide bonds. The summed E-state index contributed by atoms with van der Waals surface area (Å²) in [5.74, 6) is 2.81. The van der Waals surface area contributed by atoms with E-state index in [4.69, 9.17) is 30.5 Å². The molecular weight excluding hydrogens is 365 g/mol. The molecule has 1 heterocycles. The number of methoxy groups -OCH3 is 1. The van der Waals surface area contributed by atoms with Crippen LogP contribution in [-0.2, 0) is 13.1 Å². The van der Waals surface area contributed by atoms with Crippen molar-refractivity contribution in [2.45, 2.75) is 20.0 Å². The smallest absolute Gasteiger partial charge is 0.231 e. The number of ether oxygens (including phenoxy) is 4. The molecule has 0 unspecified atom stereocenters. The topological polar surface area (TPSA) is 49.0 Å². The number of fused-ring (bicyclic) bond motifs is 1. The minimum absolute atomic E-state index is 0. The molecule has 7 heteroatoms. The van der Waals surface area contributed by atoms with E-state index in [2.05, 4.69) is 5.32 Å². The number of rotatable bonds is 7. The van der Waals surface area contributed by atoms with Crippen molar-refractivity contribution in [3.8, 4) is 23.0 Å². The Bertz CT molecular complexity index is 724. The Balaban J connectivity index is 0.00000225. The summed E-state index contributed by atoms with van der Waals surface area (Å²) in [7, 11) is 1.61. The van der Waals surface area contributed by atoms with E-state index in [0.29, 0.717) is 36.2 Å². The second kappa shape index (κ2) is 9.04. The van der Waals surface area contributed by atoms with Crippen LogP contribution in [0.2, 0.25) is 5.02 Å². The average Bonchev–Trinajstić information content (AvgIpc) is 3.04. The molecule has 1 aliphatic rings. The lowest BCUT2D eigenvalue weighted by Crippen LogP contribution is -2.13. The first kappa shape index (κ1) is 19.5. The number of hydrogen-bond donors (Lipinski definition) is 1. The lowest BCUT2D eigenvalue weighted by atomic mass is 10.1. The Morgan fingerprint density at radius 1 is 1.08 bits per heavy atom. The van der Waals surface area contributed by atoms with E-state index in [1.807, 2.05) is 37.3 Å². The molecule has 0 fully saturated rings. The van der Waals surface area contributed by atoms with E-state index in [0.717, 1.165) is 22.6 Å². The third-order valence-corrected chi connectivity index (χ3v) is 3.95. The second-order valence-electron chi connectivity index (χ2n) is 5.33. The van der Waals surface area contributed by atoms with Gasteiger partial charge in [-0.2, -0.15) is 0 Å². The van der Waals surface area contributed by atoms with E-state index in [1.54, 1.807) is 7.11 Å². The van der Waals surface area contributed by atoms with E-state index in [1.165, 1.54) is 0 Å². The van der Waals surface area contributed by atoms with Gasteiger partial charge >= 0.3 is 0 Å². The first-order valence-corrected chi connectivity index (χ1v) is 8.17. The van der Waals surface area contributed by atoms with Crippen LogP contribution in [0.25, 0.3) is 0 Å². The highest BCUT2D eigenvalue weighted by Crippen LogP contribution is 2.36. The molecule has 0 aromatic heterocycles. The van der Waals surface area contributed by atoms with Gasteiger partial charge in [-0.1, -0.05) is 17.7 Å². The summed E-state index contributed by atoms with van der Waals surface area (Å²) < 4.78 is 21.6. The van der Waals surface area contributed by atoms with Crippen molar-refractivity contribution in [3.63, 3.8) is 0 Å². The van der Waals surface area contributed by atoms with E-state index < -0.39 is 0 Å². The van der Waals surface area contributed by atoms with Gasteiger partial charge in [-0.15, -0.1) is 12.4 Å². The van der Waals surface area contributed by atoms with E-state index >= 15 is 0 Å². The Hall–Kier alpha value is -1.82. The van der Waals surface area contributed by atoms with Gasteiger partial charge in [-0.3, -0.25) is 0 Å². The number of hydrogen-bond acceptors (Lipinski definition) is 5. The van der Waals surface area contributed by atoms with Crippen LogP contribution in [-0.4, -0.2) is 20.5 Å². The van der Waals surface area contributed by atoms with Crippen molar-refractivity contribution in [3.05, 3.63) is 46.5 Å². The molecule has 2 aromatic rings. The van der Waals surface area contributed by atoms with Crippen molar-refractivity contribution < 1.29 is 18.9 Å². The molecule has 25 heavy (non-hydrogen) atoms. The molecule has 5 nitrogen and oxygen atoms in total. The summed E-state index contributed by atoms with van der Waals surface area (Å²) in [6.07, 6.45) is 0. The minimum atomic E-state index is 0. The molecule has 0 spiro atoms. The summed E-state index contributed by atoms with van der Waals surface area (Å²) in [5.41, 5.74) is 2.16. The molecule has 2 aromatic carbocycles. The third-order valence-electron chi connectivity index (χ3n) is 3.67. The van der Waals surface area contributed by atoms with Gasteiger partial charge in [0.25, 0.3) is 0 Å². The summed E-state index contributed by atoms with van der Waals surface area (Å²) in [5, 5.41) is 3.94. The Morgan fingerprint density at radius 2 is 1.84 bits per heavy atom. The molecule has 0 aliphatic carbocycles. The first-order chi connectivity index (χ1) is 11.7. The zero-order valence-electron chi connectivity index (χ0n) is 14.1. The summed E-state index contributed by atoms with van der Waals surface area (Å²) >= 11 is 6.29. The molecule has 3 rings (SSSR count). The monoisotopic (exact) mass is 385 g/mol. The zero-order chi connectivity index (χ0) is 16.9. The molecule has 1 aliphatic heterocycles. The van der Waals surface area contributed by atoms with Crippen LogP contribution in [0.1, 0.15) is 18.1 Å². The Labute approximate surface area is 158 Å². The number of benzene rings is 2. The zero-order valence-corrected chi connectivity index (χ0v) is 15.7. The van der Waals surface area contributed by atoms with E-state index in [-0.39, 0.29) is 19.2 Å². The fraction of sp³-hybridized carbons (Fsp3) is 0.333. The first-order valence-electron chi connectivity index (χ1n) is 7.79. The third kappa shape index (κ3) is 4.63. The molecule has 0 atom stereocenters. The maximum Gasteiger partial charge on any atom is 0.231 e. The second-order valence-corrected chi connectivity index (χ2v) is 5.74. The predicted molar refractivity (Wildman–Crippen MR) is 99.5 cm³/mol. The molecule has 0 radical (unpaired) electrons. The van der Waals surface area contributed by atoms with Crippen LogP contribution in [0.4, 0.5) is 0 Å². The molecule has 1 N–H and O–H groups in total. The normalized spacial score (nSPS) is 11.8. The van der Waals surface area contributed by atoms with Gasteiger partial charge in [0.15, 0.2) is 23.0 Å². The van der Waals surface area contributed by atoms with Crippen molar-refractivity contribution in [1.29, 1.82) is 0 Å². The van der Waals surface area contributed by atoms with Crippen molar-refractivity contribution in [1.82, 2.24) is 5.32 Å². The van der Waals surface area contributed by atoms with Crippen LogP contribution in [0.5, 0.6) is 23.0 Å². The highest BCUT2D eigenvalue weighted by atomic mass is 35.5. The van der Waals surface area contributed by atoms with Gasteiger partial charge in [0.2, 0.25) is 6.79 Å². The maximum atomic E-state index is 6.29. The highest BCUT2D eigenvalue weighted by molar-refractivity contribution is 6.32. The molecular formula is C18H21Cl2NO4. The largest absolute Gasteiger partial charge is 0.493 e. The van der Waals surface area contributed by atoms with Gasteiger partial charge in [-0.25, -0.2) is 0 Å². The van der Waals surface area contributed by atoms with Crippen LogP contribution in [0, 0.1) is 0 Å². The van der Waals surface area contributed by atoms with Gasteiger partial charge < -0.3 is 24.3 Å². The Kier molecular flexibility index (Phi) is 7.05. The SMILES string of the molecule is CCOc1c(Cl)cc(CNCc2ccc3c(c2)OCO3)cc1OC.Cl. The van der Waals surface area contributed by atoms with Crippen LogP contribution < -0.4 is 24.3 Å². The number of nitrogens with one attached hydrogen (secondary N) is 1. The van der Waals surface area contributed by atoms with Gasteiger partial charge in [0.1, 0.15) is 0 Å². The molecule has 0 saturated carbocycles. The maximum absolute atomic E-state index is 6.29. The van der Waals surface area contributed by atoms with Crippen LogP contribution in [0.15, 0.2) is 30.3 Å². The molecule has 0 bridgehead atoms. The van der Waals surface area contributed by atoms with Gasteiger partial charge in [-0.05, 0) is 42.3 Å². The average molecular weight is 386 g/mol. The van der Waals surface area contributed by atoms with Crippen molar-refractivity contribution in [2.24, 2.45) is 0 Å². The van der Waals surface area contributed by atoms with E-state index in [9.17, 15) is 0 Å². The minimum Gasteiger partial charge on any atom is -0.493 e. The van der Waals surface area contributed by atoms with Crippen molar-refractivity contribution >= 4 is 24.0 Å². The summed E-state index contributed by atoms with van der Waals surface area (Å²) in [6, 6.07) is 9.76. The standard InChI is InChI=1S/C18H20ClNO4.ClH/c1-3-22-18-14(19)6-13(8-17(18)21-2)10-20-9-12-4-5-15-16(7-12)24-11-23-15;/h4-8,20H,3,9-11H2,1-2H3;1H. The molecule has 136 valence electrons. The van der Waals surface area contributed by atoms with Gasteiger partial charge in [0.05, 0.1) is 18.7 Å². The summed E-state index contributed by atoms with van der Waals surface area (Å²) in [4.78, 5) is 0. The fourth-order valence-corrected chi connectivity index (χ4v) is 2.85. The highest BCUT2D eigenvalue weighted by Gasteiger charge is 2.14. The van der Waals surface area contributed by atoms with Crippen LogP contribution >= 0.6 is 24.0 Å². The fourth-order valence-electron chi connectivity index (χ4n) is 2.56. The van der Waals surface area contributed by atoms with Crippen molar-refractivity contribution in [2.75, 3.05) is 20.5 Å². The quantitative estimate of drug-likeness (QED) is 0.774.